The van der Waals surface area contributed by atoms with E-state index in [4.69, 9.17) is 17.4 Å². The summed E-state index contributed by atoms with van der Waals surface area (Å²) in [5.74, 6) is 6.48. The van der Waals surface area contributed by atoms with Crippen LogP contribution in [0.2, 0.25) is 5.02 Å². The molecular weight excluding hydrogens is 262 g/mol. The molecule has 0 spiro atoms. The number of rotatable bonds is 3. The topological polar surface area (TPSA) is 67.1 Å². The third kappa shape index (κ3) is 3.28. The number of halogens is 1. The van der Waals surface area contributed by atoms with E-state index in [2.05, 4.69) is 34.1 Å². The van der Waals surface area contributed by atoms with Gasteiger partial charge in [0.1, 0.15) is 5.02 Å². The van der Waals surface area contributed by atoms with E-state index >= 15 is 0 Å². The van der Waals surface area contributed by atoms with Crippen LogP contribution in [0.25, 0.3) is 0 Å². The fourth-order valence-corrected chi connectivity index (χ4v) is 2.84. The molecule has 1 aliphatic carbocycles. The molecule has 0 unspecified atom stereocenters. The van der Waals surface area contributed by atoms with Gasteiger partial charge in [-0.3, -0.25) is 5.43 Å². The Balaban J connectivity index is 2.13. The van der Waals surface area contributed by atoms with Crippen LogP contribution in [0.15, 0.2) is 6.20 Å². The minimum absolute atomic E-state index is 0.391. The summed E-state index contributed by atoms with van der Waals surface area (Å²) in [4.78, 5) is 10.5. The number of hydrogen-bond acceptors (Lipinski definition) is 5. The molecule has 0 atom stereocenters. The van der Waals surface area contributed by atoms with E-state index in [0.717, 1.165) is 18.7 Å². The average molecular weight is 284 g/mol. The first-order valence-electron chi connectivity index (χ1n) is 6.65. The smallest absolute Gasteiger partial charge is 0.239 e. The molecule has 3 N–H and O–H groups in total. The predicted octanol–water partition coefficient (Wildman–Crippen LogP) is 2.82. The lowest BCUT2D eigenvalue weighted by molar-refractivity contribution is 0.222. The fraction of sp³-hybridized carbons (Fsp3) is 0.692. The maximum absolute atomic E-state index is 6.19. The molecule has 0 bridgehead atoms. The second-order valence-electron chi connectivity index (χ2n) is 6.02. The fourth-order valence-electron chi connectivity index (χ4n) is 2.62. The summed E-state index contributed by atoms with van der Waals surface area (Å²) in [5, 5.41) is 0.561. The summed E-state index contributed by atoms with van der Waals surface area (Å²) in [6, 6.07) is 0.478. The lowest BCUT2D eigenvalue weighted by atomic mass is 9.75. The van der Waals surface area contributed by atoms with Gasteiger partial charge >= 0.3 is 0 Å². The molecule has 1 aliphatic rings. The summed E-state index contributed by atoms with van der Waals surface area (Å²) >= 11 is 6.19. The lowest BCUT2D eigenvalue weighted by Gasteiger charge is -2.39. The van der Waals surface area contributed by atoms with Gasteiger partial charge in [0.15, 0.2) is 5.82 Å². The number of aromatic nitrogens is 2. The van der Waals surface area contributed by atoms with E-state index < -0.39 is 0 Å². The Hall–Kier alpha value is -1.07. The van der Waals surface area contributed by atoms with Gasteiger partial charge < -0.3 is 4.90 Å². The van der Waals surface area contributed by atoms with Gasteiger partial charge in [0.2, 0.25) is 5.95 Å². The Bertz CT molecular complexity index is 439. The highest BCUT2D eigenvalue weighted by Crippen LogP contribution is 2.38. The summed E-state index contributed by atoms with van der Waals surface area (Å²) < 4.78 is 0. The maximum Gasteiger partial charge on any atom is 0.239 e. The average Bonchev–Trinajstić information content (AvgIpc) is 2.38. The zero-order chi connectivity index (χ0) is 14.0. The molecule has 1 fully saturated rings. The summed E-state index contributed by atoms with van der Waals surface area (Å²) in [5.41, 5.74) is 2.91. The van der Waals surface area contributed by atoms with Crippen LogP contribution in [0, 0.1) is 5.41 Å². The quantitative estimate of drug-likeness (QED) is 0.659. The van der Waals surface area contributed by atoms with Crippen molar-refractivity contribution in [2.45, 2.75) is 45.6 Å². The van der Waals surface area contributed by atoms with Crippen molar-refractivity contribution in [3.8, 4) is 0 Å². The van der Waals surface area contributed by atoms with Gasteiger partial charge in [0, 0.05) is 13.1 Å². The minimum atomic E-state index is 0.391. The van der Waals surface area contributed by atoms with Crippen molar-refractivity contribution in [1.82, 2.24) is 9.97 Å². The van der Waals surface area contributed by atoms with Crippen molar-refractivity contribution in [3.63, 3.8) is 0 Å². The maximum atomic E-state index is 6.19. The van der Waals surface area contributed by atoms with Crippen LogP contribution in [0.5, 0.6) is 0 Å². The van der Waals surface area contributed by atoms with Gasteiger partial charge in [-0.25, -0.2) is 10.8 Å². The molecule has 6 heteroatoms. The summed E-state index contributed by atoms with van der Waals surface area (Å²) in [7, 11) is 2.04. The molecule has 1 aromatic rings. The highest BCUT2D eigenvalue weighted by atomic mass is 35.5. The first kappa shape index (κ1) is 14.3. The number of nitrogens with two attached hydrogens (primary N) is 1. The minimum Gasteiger partial charge on any atom is -0.355 e. The zero-order valence-corrected chi connectivity index (χ0v) is 12.5. The highest BCUT2D eigenvalue weighted by Gasteiger charge is 2.30. The Morgan fingerprint density at radius 2 is 2.05 bits per heavy atom. The SMILES string of the molecule is CN(c1nc(NN)ncc1Cl)C1CCC(C)(C)CC1. The largest absolute Gasteiger partial charge is 0.355 e. The molecule has 0 radical (unpaired) electrons. The first-order chi connectivity index (χ1) is 8.93. The van der Waals surface area contributed by atoms with Crippen molar-refractivity contribution < 1.29 is 0 Å². The molecule has 2 rings (SSSR count). The second-order valence-corrected chi connectivity index (χ2v) is 6.42. The van der Waals surface area contributed by atoms with Gasteiger partial charge in [-0.2, -0.15) is 4.98 Å². The van der Waals surface area contributed by atoms with E-state index in [9.17, 15) is 0 Å². The number of nitrogens with one attached hydrogen (secondary N) is 1. The van der Waals surface area contributed by atoms with Crippen molar-refractivity contribution in [2.75, 3.05) is 17.4 Å². The zero-order valence-electron chi connectivity index (χ0n) is 11.8. The van der Waals surface area contributed by atoms with Crippen molar-refractivity contribution in [3.05, 3.63) is 11.2 Å². The number of nitrogen functional groups attached to an aromatic ring is 1. The molecule has 0 aliphatic heterocycles. The number of nitrogens with zero attached hydrogens (tertiary/aromatic N) is 3. The summed E-state index contributed by atoms with van der Waals surface area (Å²) in [6.45, 7) is 4.66. The van der Waals surface area contributed by atoms with Crippen LogP contribution in [-0.4, -0.2) is 23.1 Å². The third-order valence-electron chi connectivity index (χ3n) is 4.05. The standard InChI is InChI=1S/C13H22ClN5/c1-13(2)6-4-9(5-7-13)19(3)11-10(14)8-16-12(17-11)18-15/h8-9H,4-7,15H2,1-3H3,(H,16,17,18). The van der Waals surface area contributed by atoms with Gasteiger partial charge in [-0.1, -0.05) is 25.4 Å². The lowest BCUT2D eigenvalue weighted by Crippen LogP contribution is -2.38. The Morgan fingerprint density at radius 3 is 2.63 bits per heavy atom. The molecule has 0 aromatic carbocycles. The molecule has 1 aromatic heterocycles. The Kier molecular flexibility index (Phi) is 4.16. The van der Waals surface area contributed by atoms with Crippen LogP contribution in [0.3, 0.4) is 0 Å². The third-order valence-corrected chi connectivity index (χ3v) is 4.31. The van der Waals surface area contributed by atoms with E-state index in [0.29, 0.717) is 22.4 Å². The van der Waals surface area contributed by atoms with Gasteiger partial charge in [0.25, 0.3) is 0 Å². The molecule has 106 valence electrons. The van der Waals surface area contributed by atoms with E-state index in [1.54, 1.807) is 6.20 Å². The molecule has 5 nitrogen and oxygen atoms in total. The van der Waals surface area contributed by atoms with E-state index in [1.165, 1.54) is 12.8 Å². The van der Waals surface area contributed by atoms with Crippen LogP contribution in [0.1, 0.15) is 39.5 Å². The van der Waals surface area contributed by atoms with Crippen LogP contribution >= 0.6 is 11.6 Å². The highest BCUT2D eigenvalue weighted by molar-refractivity contribution is 6.32. The van der Waals surface area contributed by atoms with Crippen LogP contribution < -0.4 is 16.2 Å². The molecule has 0 amide bonds. The van der Waals surface area contributed by atoms with E-state index in [1.807, 2.05) is 7.05 Å². The first-order valence-corrected chi connectivity index (χ1v) is 7.03. The normalized spacial score (nSPS) is 19.2. The van der Waals surface area contributed by atoms with Crippen molar-refractivity contribution in [1.29, 1.82) is 0 Å². The van der Waals surface area contributed by atoms with Gasteiger partial charge in [0.05, 0.1) is 6.20 Å². The van der Waals surface area contributed by atoms with Gasteiger partial charge in [-0.05, 0) is 31.1 Å². The molecule has 0 saturated heterocycles. The number of hydrazine groups is 1. The van der Waals surface area contributed by atoms with Crippen molar-refractivity contribution >= 4 is 23.4 Å². The van der Waals surface area contributed by atoms with Crippen LogP contribution in [-0.2, 0) is 0 Å². The predicted molar refractivity (Wildman–Crippen MR) is 79.3 cm³/mol. The molecule has 1 heterocycles. The molecule has 1 saturated carbocycles. The number of hydrogen-bond donors (Lipinski definition) is 2. The molecular formula is C13H22ClN5. The van der Waals surface area contributed by atoms with E-state index in [-0.39, 0.29) is 0 Å². The van der Waals surface area contributed by atoms with Crippen LogP contribution in [0.4, 0.5) is 11.8 Å². The second kappa shape index (κ2) is 5.51. The van der Waals surface area contributed by atoms with Gasteiger partial charge in [-0.15, -0.1) is 0 Å². The van der Waals surface area contributed by atoms with Crippen molar-refractivity contribution in [2.24, 2.45) is 11.3 Å². The number of anilines is 2. The monoisotopic (exact) mass is 283 g/mol. The summed E-state index contributed by atoms with van der Waals surface area (Å²) in [6.07, 6.45) is 6.37. The Morgan fingerprint density at radius 1 is 1.42 bits per heavy atom. The Labute approximate surface area is 119 Å². The molecule has 19 heavy (non-hydrogen) atoms.